The summed E-state index contributed by atoms with van der Waals surface area (Å²) in [5.74, 6) is 1.24. The van der Waals surface area contributed by atoms with Gasteiger partial charge in [0.1, 0.15) is 11.4 Å². The minimum absolute atomic E-state index is 0.107. The Bertz CT molecular complexity index is 1060. The molecule has 8 heteroatoms. The van der Waals surface area contributed by atoms with Crippen molar-refractivity contribution in [2.45, 2.75) is 103 Å². The van der Waals surface area contributed by atoms with Crippen LogP contribution in [-0.2, 0) is 11.2 Å². The largest absolute Gasteiger partial charge is 0.490 e. The number of hydrogen-bond acceptors (Lipinski definition) is 7. The molecule has 0 radical (unpaired) electrons. The molecule has 2 heterocycles. The number of hydrogen-bond donors (Lipinski definition) is 1. The van der Waals surface area contributed by atoms with Crippen LogP contribution in [0.4, 0.5) is 4.79 Å². The summed E-state index contributed by atoms with van der Waals surface area (Å²) in [5.41, 5.74) is 2.46. The first-order chi connectivity index (χ1) is 18.7. The Morgan fingerprint density at radius 2 is 1.82 bits per heavy atom. The first-order valence-electron chi connectivity index (χ1n) is 14.6. The molecular weight excluding hydrogens is 494 g/mol. The van der Waals surface area contributed by atoms with E-state index in [1.165, 1.54) is 19.3 Å². The maximum Gasteiger partial charge on any atom is 0.410 e. The van der Waals surface area contributed by atoms with Crippen molar-refractivity contribution >= 4 is 6.09 Å². The SMILES string of the molecule is CCCCc1nnc(OCC2CCN(C(=O)OC(C)(C)C)CC2O)cc1-c1ccc(OC2CCCCC2)cc1. The fourth-order valence-corrected chi connectivity index (χ4v) is 5.20. The van der Waals surface area contributed by atoms with Crippen LogP contribution < -0.4 is 9.47 Å². The van der Waals surface area contributed by atoms with Crippen LogP contribution in [0.3, 0.4) is 0 Å². The third kappa shape index (κ3) is 8.56. The topological polar surface area (TPSA) is 94.0 Å². The van der Waals surface area contributed by atoms with Gasteiger partial charge in [0, 0.05) is 24.1 Å². The first-order valence-corrected chi connectivity index (χ1v) is 14.6. The number of benzene rings is 1. The molecule has 4 rings (SSSR count). The van der Waals surface area contributed by atoms with Gasteiger partial charge in [0.25, 0.3) is 0 Å². The first kappa shape index (κ1) is 29.1. The van der Waals surface area contributed by atoms with Crippen molar-refractivity contribution in [3.8, 4) is 22.8 Å². The Labute approximate surface area is 233 Å². The number of likely N-dealkylation sites (tertiary alicyclic amines) is 1. The Morgan fingerprint density at radius 3 is 2.49 bits per heavy atom. The van der Waals surface area contributed by atoms with E-state index in [-0.39, 0.29) is 12.5 Å². The molecule has 39 heavy (non-hydrogen) atoms. The maximum absolute atomic E-state index is 12.4. The number of aliphatic hydroxyl groups is 1. The van der Waals surface area contributed by atoms with Crippen molar-refractivity contribution in [2.75, 3.05) is 19.7 Å². The number of β-amino-alcohol motifs (C(OH)–C–C–N with tert-alkyl or cyclic N) is 1. The van der Waals surface area contributed by atoms with Crippen molar-refractivity contribution in [2.24, 2.45) is 5.92 Å². The monoisotopic (exact) mass is 539 g/mol. The zero-order valence-electron chi connectivity index (χ0n) is 24.0. The van der Waals surface area contributed by atoms with Crippen LogP contribution in [0.5, 0.6) is 11.6 Å². The highest BCUT2D eigenvalue weighted by Crippen LogP contribution is 2.30. The van der Waals surface area contributed by atoms with Gasteiger partial charge in [0.2, 0.25) is 5.88 Å². The molecule has 1 amide bonds. The number of unbranched alkanes of at least 4 members (excludes halogenated alkanes) is 1. The second-order valence-electron chi connectivity index (χ2n) is 11.9. The molecule has 1 aromatic carbocycles. The fourth-order valence-electron chi connectivity index (χ4n) is 5.20. The number of piperidine rings is 1. The van der Waals surface area contributed by atoms with Gasteiger partial charge in [-0.2, -0.15) is 5.10 Å². The number of carbonyl (C=O) groups is 1. The normalized spacial score (nSPS) is 20.5. The molecule has 1 aliphatic carbocycles. The van der Waals surface area contributed by atoms with E-state index < -0.39 is 17.8 Å². The highest BCUT2D eigenvalue weighted by atomic mass is 16.6. The molecule has 214 valence electrons. The van der Waals surface area contributed by atoms with Crippen LogP contribution in [0.15, 0.2) is 30.3 Å². The Kier molecular flexibility index (Phi) is 10.1. The van der Waals surface area contributed by atoms with Gasteiger partial charge in [-0.1, -0.05) is 31.9 Å². The number of carbonyl (C=O) groups excluding carboxylic acids is 1. The summed E-state index contributed by atoms with van der Waals surface area (Å²) in [4.78, 5) is 13.9. The highest BCUT2D eigenvalue weighted by molar-refractivity contribution is 5.68. The van der Waals surface area contributed by atoms with E-state index in [1.807, 2.05) is 39.0 Å². The molecule has 8 nitrogen and oxygen atoms in total. The number of aromatic nitrogens is 2. The molecule has 0 spiro atoms. The van der Waals surface area contributed by atoms with E-state index in [0.717, 1.165) is 54.7 Å². The van der Waals surface area contributed by atoms with Gasteiger partial charge in [0.15, 0.2) is 0 Å². The molecule has 1 aromatic heterocycles. The molecule has 1 saturated heterocycles. The lowest BCUT2D eigenvalue weighted by molar-refractivity contribution is -0.0214. The molecule has 2 unspecified atom stereocenters. The third-order valence-corrected chi connectivity index (χ3v) is 7.45. The van der Waals surface area contributed by atoms with Gasteiger partial charge in [-0.05, 0) is 83.4 Å². The van der Waals surface area contributed by atoms with Gasteiger partial charge in [-0.25, -0.2) is 4.79 Å². The molecule has 1 saturated carbocycles. The Hall–Kier alpha value is -2.87. The smallest absolute Gasteiger partial charge is 0.410 e. The predicted octanol–water partition coefficient (Wildman–Crippen LogP) is 6.19. The van der Waals surface area contributed by atoms with Crippen molar-refractivity contribution in [1.29, 1.82) is 0 Å². The van der Waals surface area contributed by atoms with Crippen LogP contribution >= 0.6 is 0 Å². The molecule has 1 aliphatic heterocycles. The number of aryl methyl sites for hydroxylation is 1. The number of nitrogens with zero attached hydrogens (tertiary/aromatic N) is 3. The lowest BCUT2D eigenvalue weighted by Gasteiger charge is -2.36. The minimum Gasteiger partial charge on any atom is -0.490 e. The van der Waals surface area contributed by atoms with Gasteiger partial charge < -0.3 is 24.2 Å². The van der Waals surface area contributed by atoms with Crippen molar-refractivity contribution in [3.05, 3.63) is 36.0 Å². The second-order valence-corrected chi connectivity index (χ2v) is 11.9. The van der Waals surface area contributed by atoms with Crippen LogP contribution in [0, 0.1) is 5.92 Å². The summed E-state index contributed by atoms with van der Waals surface area (Å²) in [7, 11) is 0. The van der Waals surface area contributed by atoms with Gasteiger partial charge in [-0.3, -0.25) is 0 Å². The van der Waals surface area contributed by atoms with E-state index in [9.17, 15) is 9.90 Å². The van der Waals surface area contributed by atoms with Crippen LogP contribution in [0.1, 0.15) is 84.8 Å². The molecular formula is C31H45N3O5. The Balaban J connectivity index is 1.39. The van der Waals surface area contributed by atoms with Crippen LogP contribution in [-0.4, -0.2) is 63.8 Å². The fraction of sp³-hybridized carbons (Fsp3) is 0.645. The number of rotatable bonds is 9. The molecule has 2 atom stereocenters. The highest BCUT2D eigenvalue weighted by Gasteiger charge is 2.33. The van der Waals surface area contributed by atoms with Gasteiger partial charge in [0.05, 0.1) is 31.1 Å². The average Bonchev–Trinajstić information content (AvgIpc) is 2.91. The van der Waals surface area contributed by atoms with E-state index in [1.54, 1.807) is 4.90 Å². The van der Waals surface area contributed by atoms with Gasteiger partial charge in [-0.15, -0.1) is 5.10 Å². The van der Waals surface area contributed by atoms with Crippen molar-refractivity contribution < 1.29 is 24.1 Å². The molecule has 2 aromatic rings. The summed E-state index contributed by atoms with van der Waals surface area (Å²) in [6, 6.07) is 10.2. The zero-order chi connectivity index (χ0) is 27.8. The molecule has 2 fully saturated rings. The maximum atomic E-state index is 12.4. The minimum atomic E-state index is -0.695. The predicted molar refractivity (Wildman–Crippen MR) is 151 cm³/mol. The van der Waals surface area contributed by atoms with Crippen molar-refractivity contribution in [3.63, 3.8) is 0 Å². The van der Waals surface area contributed by atoms with E-state index in [2.05, 4.69) is 29.3 Å². The summed E-state index contributed by atoms with van der Waals surface area (Å²) in [5, 5.41) is 19.6. The van der Waals surface area contributed by atoms with Crippen LogP contribution in [0.25, 0.3) is 11.1 Å². The van der Waals surface area contributed by atoms with E-state index >= 15 is 0 Å². The summed E-state index contributed by atoms with van der Waals surface area (Å²) < 4.78 is 17.7. The molecule has 1 N–H and O–H groups in total. The number of amides is 1. The molecule has 0 bridgehead atoms. The van der Waals surface area contributed by atoms with E-state index in [0.29, 0.717) is 31.6 Å². The Morgan fingerprint density at radius 1 is 1.08 bits per heavy atom. The summed E-state index contributed by atoms with van der Waals surface area (Å²) in [6.45, 7) is 8.73. The van der Waals surface area contributed by atoms with E-state index in [4.69, 9.17) is 14.2 Å². The van der Waals surface area contributed by atoms with Crippen LogP contribution in [0.2, 0.25) is 0 Å². The lowest BCUT2D eigenvalue weighted by Crippen LogP contribution is -2.49. The standard InChI is InChI=1S/C31H45N3O5/c1-5-6-12-27-26(22-13-15-25(16-14-22)38-24-10-8-7-9-11-24)19-29(33-32-27)37-21-23-17-18-34(20-28(23)35)30(36)39-31(2,3)4/h13-16,19,23-24,28,35H,5-12,17-18,20-21H2,1-4H3. The second kappa shape index (κ2) is 13.5. The quantitative estimate of drug-likeness (QED) is 0.406. The summed E-state index contributed by atoms with van der Waals surface area (Å²) in [6.07, 6.45) is 8.87. The molecule has 2 aliphatic rings. The van der Waals surface area contributed by atoms with Crippen molar-refractivity contribution in [1.82, 2.24) is 15.1 Å². The third-order valence-electron chi connectivity index (χ3n) is 7.45. The zero-order valence-corrected chi connectivity index (χ0v) is 24.0. The summed E-state index contributed by atoms with van der Waals surface area (Å²) >= 11 is 0. The average molecular weight is 540 g/mol. The number of aliphatic hydroxyl groups excluding tert-OH is 1. The lowest BCUT2D eigenvalue weighted by atomic mass is 9.95. The number of ether oxygens (including phenoxy) is 3. The van der Waals surface area contributed by atoms with Gasteiger partial charge >= 0.3 is 6.09 Å².